The summed E-state index contributed by atoms with van der Waals surface area (Å²) >= 11 is 0. The number of carbonyl (C=O) groups is 1. The number of nitrogens with one attached hydrogen (secondary N) is 1. The Morgan fingerprint density at radius 3 is 2.40 bits per heavy atom. The van der Waals surface area contributed by atoms with Crippen molar-refractivity contribution in [3.05, 3.63) is 88.3 Å². The van der Waals surface area contributed by atoms with E-state index in [0.29, 0.717) is 23.8 Å². The van der Waals surface area contributed by atoms with Crippen molar-refractivity contribution in [2.45, 2.75) is 13.2 Å². The van der Waals surface area contributed by atoms with Crippen molar-refractivity contribution in [1.29, 1.82) is 0 Å². The van der Waals surface area contributed by atoms with Crippen molar-refractivity contribution >= 4 is 5.91 Å². The van der Waals surface area contributed by atoms with E-state index < -0.39 is 0 Å². The summed E-state index contributed by atoms with van der Waals surface area (Å²) in [7, 11) is 3.33. The van der Waals surface area contributed by atoms with Gasteiger partial charge in [-0.05, 0) is 17.7 Å². The molecule has 0 aliphatic carbocycles. The minimum absolute atomic E-state index is 0.160. The number of methoxy groups -OCH3 is 1. The summed E-state index contributed by atoms with van der Waals surface area (Å²) in [6.07, 6.45) is 1.62. The van der Waals surface area contributed by atoms with Gasteiger partial charge in [-0.3, -0.25) is 9.59 Å². The number of carbonyl (C=O) groups excluding carboxylic acids is 1. The van der Waals surface area contributed by atoms with Crippen molar-refractivity contribution in [2.24, 2.45) is 7.05 Å². The van der Waals surface area contributed by atoms with Crippen LogP contribution in [0.2, 0.25) is 0 Å². The fourth-order valence-electron chi connectivity index (χ4n) is 2.79. The molecule has 30 heavy (non-hydrogen) atoms. The molecule has 7 nitrogen and oxygen atoms in total. The molecule has 156 valence electrons. The number of amides is 1. The van der Waals surface area contributed by atoms with Gasteiger partial charge in [0.2, 0.25) is 5.43 Å². The zero-order valence-corrected chi connectivity index (χ0v) is 17.0. The van der Waals surface area contributed by atoms with Crippen LogP contribution < -0.4 is 25.0 Å². The van der Waals surface area contributed by atoms with E-state index in [-0.39, 0.29) is 30.2 Å². The predicted molar refractivity (Wildman–Crippen MR) is 113 cm³/mol. The van der Waals surface area contributed by atoms with Crippen LogP contribution in [0.25, 0.3) is 0 Å². The lowest BCUT2D eigenvalue weighted by Gasteiger charge is -2.13. The molecule has 3 aromatic rings. The van der Waals surface area contributed by atoms with E-state index in [9.17, 15) is 9.59 Å². The first kappa shape index (κ1) is 21.0. The molecule has 0 aliphatic rings. The number of aromatic nitrogens is 1. The highest BCUT2D eigenvalue weighted by Gasteiger charge is 2.10. The van der Waals surface area contributed by atoms with Gasteiger partial charge in [-0.2, -0.15) is 0 Å². The number of aryl methyl sites for hydroxylation is 1. The van der Waals surface area contributed by atoms with Crippen molar-refractivity contribution in [3.8, 4) is 17.2 Å². The molecule has 0 fully saturated rings. The zero-order valence-electron chi connectivity index (χ0n) is 17.0. The van der Waals surface area contributed by atoms with Gasteiger partial charge in [0.1, 0.15) is 6.61 Å². The lowest BCUT2D eigenvalue weighted by atomic mass is 10.2. The minimum atomic E-state index is -0.308. The molecule has 0 unspecified atom stereocenters. The SMILES string of the molecule is COc1ccccc1OCC(=O)NCc1cc(=O)c(OCc2ccccc2)cn1C. The van der Waals surface area contributed by atoms with Crippen LogP contribution in [-0.4, -0.2) is 24.2 Å². The van der Waals surface area contributed by atoms with Crippen LogP contribution in [0.4, 0.5) is 0 Å². The first-order valence-electron chi connectivity index (χ1n) is 9.45. The summed E-state index contributed by atoms with van der Waals surface area (Å²) in [5, 5.41) is 2.75. The van der Waals surface area contributed by atoms with Crippen LogP contribution in [0.5, 0.6) is 17.2 Å². The largest absolute Gasteiger partial charge is 0.493 e. The Morgan fingerprint density at radius 1 is 0.967 bits per heavy atom. The second-order valence-corrected chi connectivity index (χ2v) is 6.59. The summed E-state index contributed by atoms with van der Waals surface area (Å²) in [5.41, 5.74) is 1.39. The molecule has 0 spiro atoms. The third kappa shape index (κ3) is 5.64. The highest BCUT2D eigenvalue weighted by atomic mass is 16.5. The maximum absolute atomic E-state index is 12.3. The maximum Gasteiger partial charge on any atom is 0.258 e. The third-order valence-corrected chi connectivity index (χ3v) is 4.44. The summed E-state index contributed by atoms with van der Waals surface area (Å²) < 4.78 is 18.1. The van der Waals surface area contributed by atoms with Crippen molar-refractivity contribution in [1.82, 2.24) is 9.88 Å². The quantitative estimate of drug-likeness (QED) is 0.589. The number of nitrogens with zero attached hydrogens (tertiary/aromatic N) is 1. The average Bonchev–Trinajstić information content (AvgIpc) is 2.77. The number of rotatable bonds is 9. The second kappa shape index (κ2) is 10.2. The van der Waals surface area contributed by atoms with E-state index in [0.717, 1.165) is 5.56 Å². The Hall–Kier alpha value is -3.74. The first-order chi connectivity index (χ1) is 14.6. The third-order valence-electron chi connectivity index (χ3n) is 4.44. The van der Waals surface area contributed by atoms with Gasteiger partial charge < -0.3 is 24.1 Å². The normalized spacial score (nSPS) is 10.3. The zero-order chi connectivity index (χ0) is 21.3. The first-order valence-corrected chi connectivity index (χ1v) is 9.45. The van der Waals surface area contributed by atoms with E-state index in [1.807, 2.05) is 36.4 Å². The number of hydrogen-bond donors (Lipinski definition) is 1. The lowest BCUT2D eigenvalue weighted by molar-refractivity contribution is -0.123. The van der Waals surface area contributed by atoms with Gasteiger partial charge in [0, 0.05) is 18.8 Å². The van der Waals surface area contributed by atoms with E-state index in [1.165, 1.54) is 13.2 Å². The molecule has 1 amide bonds. The summed E-state index contributed by atoms with van der Waals surface area (Å²) in [4.78, 5) is 24.5. The van der Waals surface area contributed by atoms with Crippen LogP contribution in [0.15, 0.2) is 71.7 Å². The van der Waals surface area contributed by atoms with E-state index >= 15 is 0 Å². The molecule has 1 aromatic heterocycles. The smallest absolute Gasteiger partial charge is 0.258 e. The maximum atomic E-state index is 12.3. The number of ether oxygens (including phenoxy) is 3. The molecule has 0 bridgehead atoms. The summed E-state index contributed by atoms with van der Waals surface area (Å²) in [6.45, 7) is 0.345. The standard InChI is InChI=1S/C23H24N2O5/c1-25-14-22(29-15-17-8-4-3-5-9-17)19(26)12-18(25)13-24-23(27)16-30-21-11-7-6-10-20(21)28-2/h3-12,14H,13,15-16H2,1-2H3,(H,24,27). The van der Waals surface area contributed by atoms with Crippen molar-refractivity contribution < 1.29 is 19.0 Å². The molecule has 3 rings (SSSR count). The van der Waals surface area contributed by atoms with Crippen LogP contribution in [0.1, 0.15) is 11.3 Å². The molecule has 7 heteroatoms. The van der Waals surface area contributed by atoms with E-state index in [2.05, 4.69) is 5.32 Å². The molecule has 1 heterocycles. The number of benzene rings is 2. The highest BCUT2D eigenvalue weighted by Crippen LogP contribution is 2.25. The molecule has 0 radical (unpaired) electrons. The molecule has 2 aromatic carbocycles. The molecule has 0 saturated heterocycles. The minimum Gasteiger partial charge on any atom is -0.493 e. The number of para-hydroxylation sites is 2. The Morgan fingerprint density at radius 2 is 1.67 bits per heavy atom. The molecular weight excluding hydrogens is 384 g/mol. The van der Waals surface area contributed by atoms with E-state index in [1.54, 1.807) is 36.0 Å². The average molecular weight is 408 g/mol. The van der Waals surface area contributed by atoms with Gasteiger partial charge in [0.05, 0.1) is 19.9 Å². The Balaban J connectivity index is 1.54. The number of hydrogen-bond acceptors (Lipinski definition) is 5. The summed E-state index contributed by atoms with van der Waals surface area (Å²) in [6, 6.07) is 18.2. The van der Waals surface area contributed by atoms with Gasteiger partial charge in [-0.25, -0.2) is 0 Å². The van der Waals surface area contributed by atoms with Gasteiger partial charge in [0.25, 0.3) is 5.91 Å². The molecular formula is C23H24N2O5. The topological polar surface area (TPSA) is 78.8 Å². The van der Waals surface area contributed by atoms with Crippen LogP contribution in [-0.2, 0) is 25.0 Å². The van der Waals surface area contributed by atoms with Gasteiger partial charge in [0.15, 0.2) is 23.9 Å². The van der Waals surface area contributed by atoms with E-state index in [4.69, 9.17) is 14.2 Å². The van der Waals surface area contributed by atoms with Gasteiger partial charge in [-0.1, -0.05) is 42.5 Å². The highest BCUT2D eigenvalue weighted by molar-refractivity contribution is 5.77. The summed E-state index contributed by atoms with van der Waals surface area (Å²) in [5.74, 6) is 0.995. The fourth-order valence-corrected chi connectivity index (χ4v) is 2.79. The van der Waals surface area contributed by atoms with Gasteiger partial charge in [-0.15, -0.1) is 0 Å². The Bertz CT molecular complexity index is 1050. The van der Waals surface area contributed by atoms with Crippen LogP contribution >= 0.6 is 0 Å². The molecule has 0 aliphatic heterocycles. The monoisotopic (exact) mass is 408 g/mol. The van der Waals surface area contributed by atoms with Gasteiger partial charge >= 0.3 is 0 Å². The van der Waals surface area contributed by atoms with Crippen LogP contribution in [0, 0.1) is 0 Å². The molecule has 1 N–H and O–H groups in total. The van der Waals surface area contributed by atoms with Crippen molar-refractivity contribution in [2.75, 3.05) is 13.7 Å². The fraction of sp³-hybridized carbons (Fsp3) is 0.217. The van der Waals surface area contributed by atoms with Crippen molar-refractivity contribution in [3.63, 3.8) is 0 Å². The predicted octanol–water partition coefficient (Wildman–Crippen LogP) is 2.67. The van der Waals surface area contributed by atoms with Crippen LogP contribution in [0.3, 0.4) is 0 Å². The second-order valence-electron chi connectivity index (χ2n) is 6.59. The lowest BCUT2D eigenvalue weighted by Crippen LogP contribution is -2.30. The Kier molecular flexibility index (Phi) is 7.10. The molecule has 0 atom stereocenters. The molecule has 0 saturated carbocycles. The number of pyridine rings is 1. The Labute approximate surface area is 174 Å².